The van der Waals surface area contributed by atoms with Gasteiger partial charge in [-0.2, -0.15) is 0 Å². The van der Waals surface area contributed by atoms with Gasteiger partial charge in [-0.3, -0.25) is 4.79 Å². The minimum Gasteiger partial charge on any atom is -0.477 e. The number of nitrogens with zero attached hydrogens (tertiary/aromatic N) is 2. The molecule has 1 saturated carbocycles. The number of pyridine rings is 1. The quantitative estimate of drug-likeness (QED) is 0.936. The van der Waals surface area contributed by atoms with Crippen molar-refractivity contribution in [3.8, 4) is 0 Å². The van der Waals surface area contributed by atoms with Crippen LogP contribution in [0.15, 0.2) is 29.1 Å². The third-order valence-corrected chi connectivity index (χ3v) is 4.54. The molecule has 0 atom stereocenters. The van der Waals surface area contributed by atoms with Crippen molar-refractivity contribution < 1.29 is 14.6 Å². The Hall–Kier alpha value is -2.34. The minimum atomic E-state index is -1.05. The van der Waals surface area contributed by atoms with E-state index in [9.17, 15) is 14.7 Å². The van der Waals surface area contributed by atoms with Gasteiger partial charge >= 0.3 is 5.97 Å². The van der Waals surface area contributed by atoms with Crippen LogP contribution < -0.4 is 10.3 Å². The summed E-state index contributed by atoms with van der Waals surface area (Å²) in [4.78, 5) is 26.1. The molecule has 2 heterocycles. The van der Waals surface area contributed by atoms with Crippen molar-refractivity contribution in [2.45, 2.75) is 18.9 Å². The van der Waals surface area contributed by atoms with Crippen molar-refractivity contribution in [1.29, 1.82) is 0 Å². The highest BCUT2D eigenvalue weighted by molar-refractivity contribution is 5.92. The summed E-state index contributed by atoms with van der Waals surface area (Å²) in [5.74, 6) is -1.05. The second-order valence-electron chi connectivity index (χ2n) is 6.10. The zero-order valence-electron chi connectivity index (χ0n) is 12.7. The van der Waals surface area contributed by atoms with Crippen LogP contribution in [0.2, 0.25) is 0 Å². The van der Waals surface area contributed by atoms with Crippen LogP contribution >= 0.6 is 0 Å². The summed E-state index contributed by atoms with van der Waals surface area (Å²) in [6.45, 7) is 2.97. The van der Waals surface area contributed by atoms with Gasteiger partial charge < -0.3 is 19.3 Å². The van der Waals surface area contributed by atoms with Crippen molar-refractivity contribution in [3.05, 3.63) is 40.2 Å². The Morgan fingerprint density at radius 1 is 1.17 bits per heavy atom. The Bertz CT molecular complexity index is 832. The Kier molecular flexibility index (Phi) is 3.34. The molecular formula is C17H18N2O4. The lowest BCUT2D eigenvalue weighted by Gasteiger charge is -2.29. The average Bonchev–Trinajstić information content (AvgIpc) is 3.40. The number of carboxylic acid groups (broad SMARTS) is 1. The smallest absolute Gasteiger partial charge is 0.352 e. The SMILES string of the molecule is O=C(O)c1cc(=O)c2cc(N3CCOCC3)ccc2n1C1CC1. The number of aromatic carboxylic acids is 1. The van der Waals surface area contributed by atoms with E-state index in [0.717, 1.165) is 37.1 Å². The molecule has 120 valence electrons. The minimum absolute atomic E-state index is 0.0872. The fourth-order valence-corrected chi connectivity index (χ4v) is 3.24. The first-order valence-electron chi connectivity index (χ1n) is 7.90. The number of morpholine rings is 1. The van der Waals surface area contributed by atoms with Crippen molar-refractivity contribution in [2.24, 2.45) is 0 Å². The molecular weight excluding hydrogens is 296 g/mol. The fourth-order valence-electron chi connectivity index (χ4n) is 3.24. The van der Waals surface area contributed by atoms with E-state index < -0.39 is 5.97 Å². The van der Waals surface area contributed by atoms with Crippen LogP contribution in [0.3, 0.4) is 0 Å². The summed E-state index contributed by atoms with van der Waals surface area (Å²) in [5, 5.41) is 9.99. The van der Waals surface area contributed by atoms with E-state index in [1.807, 2.05) is 22.8 Å². The predicted molar refractivity (Wildman–Crippen MR) is 86.5 cm³/mol. The van der Waals surface area contributed by atoms with Gasteiger partial charge in [0.25, 0.3) is 0 Å². The lowest BCUT2D eigenvalue weighted by molar-refractivity contribution is 0.0684. The molecule has 23 heavy (non-hydrogen) atoms. The van der Waals surface area contributed by atoms with Gasteiger partial charge in [0, 0.05) is 36.3 Å². The summed E-state index contributed by atoms with van der Waals surface area (Å²) >= 11 is 0. The molecule has 1 aromatic heterocycles. The van der Waals surface area contributed by atoms with Gasteiger partial charge in [-0.25, -0.2) is 4.79 Å². The summed E-state index contributed by atoms with van der Waals surface area (Å²) in [5.41, 5.74) is 1.56. The van der Waals surface area contributed by atoms with Gasteiger partial charge in [0.2, 0.25) is 0 Å². The monoisotopic (exact) mass is 314 g/mol. The number of fused-ring (bicyclic) bond motifs is 1. The van der Waals surface area contributed by atoms with E-state index in [1.165, 1.54) is 6.07 Å². The third-order valence-electron chi connectivity index (χ3n) is 4.54. The highest BCUT2D eigenvalue weighted by atomic mass is 16.5. The number of carbonyl (C=O) groups is 1. The molecule has 6 nitrogen and oxygen atoms in total. The number of rotatable bonds is 3. The number of aromatic nitrogens is 1. The molecule has 2 aromatic rings. The van der Waals surface area contributed by atoms with Gasteiger partial charge in [-0.05, 0) is 31.0 Å². The highest BCUT2D eigenvalue weighted by Crippen LogP contribution is 2.38. The molecule has 0 unspecified atom stereocenters. The molecule has 1 saturated heterocycles. The van der Waals surface area contributed by atoms with Gasteiger partial charge in [0.05, 0.1) is 18.7 Å². The summed E-state index contributed by atoms with van der Waals surface area (Å²) in [6, 6.07) is 7.18. The normalized spacial score (nSPS) is 18.3. The van der Waals surface area contributed by atoms with Crippen LogP contribution in [-0.2, 0) is 4.74 Å². The van der Waals surface area contributed by atoms with Crippen molar-refractivity contribution in [1.82, 2.24) is 4.57 Å². The average molecular weight is 314 g/mol. The molecule has 4 rings (SSSR count). The van der Waals surface area contributed by atoms with Crippen molar-refractivity contribution >= 4 is 22.6 Å². The van der Waals surface area contributed by atoms with Crippen LogP contribution in [0.25, 0.3) is 10.9 Å². The Morgan fingerprint density at radius 2 is 1.91 bits per heavy atom. The molecule has 0 radical (unpaired) electrons. The summed E-state index contributed by atoms with van der Waals surface area (Å²) < 4.78 is 7.17. The van der Waals surface area contributed by atoms with Crippen molar-refractivity contribution in [3.63, 3.8) is 0 Å². The molecule has 1 N–H and O–H groups in total. The summed E-state index contributed by atoms with van der Waals surface area (Å²) in [6.07, 6.45) is 1.92. The molecule has 6 heteroatoms. The molecule has 2 fully saturated rings. The largest absolute Gasteiger partial charge is 0.477 e. The Balaban J connectivity index is 1.88. The van der Waals surface area contributed by atoms with Gasteiger partial charge in [0.15, 0.2) is 5.43 Å². The standard InChI is InChI=1S/C17H18N2O4/c20-16-10-15(17(21)22)19(11-1-2-11)14-4-3-12(9-13(14)16)18-5-7-23-8-6-18/h3-4,9-11H,1-2,5-8H2,(H,21,22). The van der Waals surface area contributed by atoms with Gasteiger partial charge in [-0.1, -0.05) is 0 Å². The maximum absolute atomic E-state index is 12.4. The second kappa shape index (κ2) is 5.38. The Labute approximate surface area is 132 Å². The zero-order valence-corrected chi connectivity index (χ0v) is 12.7. The maximum Gasteiger partial charge on any atom is 0.352 e. The molecule has 0 amide bonds. The first kappa shape index (κ1) is 14.3. The lowest BCUT2D eigenvalue weighted by Crippen LogP contribution is -2.36. The number of hydrogen-bond donors (Lipinski definition) is 1. The lowest BCUT2D eigenvalue weighted by atomic mass is 10.1. The van der Waals surface area contributed by atoms with Crippen LogP contribution in [0, 0.1) is 0 Å². The zero-order chi connectivity index (χ0) is 16.0. The number of carboxylic acids is 1. The van der Waals surface area contributed by atoms with E-state index in [0.29, 0.717) is 18.6 Å². The molecule has 1 aliphatic heterocycles. The molecule has 1 aliphatic carbocycles. The topological polar surface area (TPSA) is 71.8 Å². The number of benzene rings is 1. The second-order valence-corrected chi connectivity index (χ2v) is 6.10. The molecule has 1 aromatic carbocycles. The third kappa shape index (κ3) is 2.49. The Morgan fingerprint density at radius 3 is 2.57 bits per heavy atom. The summed E-state index contributed by atoms with van der Waals surface area (Å²) in [7, 11) is 0. The highest BCUT2D eigenvalue weighted by Gasteiger charge is 2.29. The van der Waals surface area contributed by atoms with E-state index >= 15 is 0 Å². The van der Waals surface area contributed by atoms with Crippen LogP contribution in [0.4, 0.5) is 5.69 Å². The fraction of sp³-hybridized carbons (Fsp3) is 0.412. The predicted octanol–water partition coefficient (Wildman–Crippen LogP) is 1.87. The first-order chi connectivity index (χ1) is 11.1. The first-order valence-corrected chi connectivity index (χ1v) is 7.90. The van der Waals surface area contributed by atoms with Crippen molar-refractivity contribution in [2.75, 3.05) is 31.2 Å². The number of anilines is 1. The van der Waals surface area contributed by atoms with Crippen LogP contribution in [0.5, 0.6) is 0 Å². The number of ether oxygens (including phenoxy) is 1. The van der Waals surface area contributed by atoms with E-state index in [1.54, 1.807) is 0 Å². The van der Waals surface area contributed by atoms with E-state index in [4.69, 9.17) is 4.74 Å². The van der Waals surface area contributed by atoms with Crippen LogP contribution in [-0.4, -0.2) is 41.9 Å². The van der Waals surface area contributed by atoms with Gasteiger partial charge in [0.1, 0.15) is 5.69 Å². The molecule has 0 spiro atoms. The molecule has 2 aliphatic rings. The van der Waals surface area contributed by atoms with Gasteiger partial charge in [-0.15, -0.1) is 0 Å². The van der Waals surface area contributed by atoms with E-state index in [-0.39, 0.29) is 17.2 Å². The molecule has 0 bridgehead atoms. The number of hydrogen-bond acceptors (Lipinski definition) is 4. The maximum atomic E-state index is 12.4. The van der Waals surface area contributed by atoms with Crippen LogP contribution in [0.1, 0.15) is 29.4 Å². The van der Waals surface area contributed by atoms with E-state index in [2.05, 4.69) is 4.90 Å².